The van der Waals surface area contributed by atoms with Crippen LogP contribution < -0.4 is 10.2 Å². The SMILES string of the molecule is CC(=O)O[C@@H]1CC(N[C@@H](CCc2ccccc2)C(=O)O)C(=O)N(CC(=O)O)c2ccccc21. The van der Waals surface area contributed by atoms with Crippen LogP contribution in [0, 0.1) is 0 Å². The molecule has 0 saturated heterocycles. The summed E-state index contributed by atoms with van der Waals surface area (Å²) in [4.78, 5) is 49.7. The summed E-state index contributed by atoms with van der Waals surface area (Å²) in [5.74, 6) is -3.51. The topological polar surface area (TPSA) is 133 Å². The summed E-state index contributed by atoms with van der Waals surface area (Å²) >= 11 is 0. The fraction of sp³-hybridized carbons (Fsp3) is 0.333. The fourth-order valence-corrected chi connectivity index (χ4v) is 3.98. The molecule has 0 spiro atoms. The lowest BCUT2D eigenvalue weighted by atomic mass is 10.00. The molecule has 2 aromatic rings. The third-order valence-electron chi connectivity index (χ3n) is 5.45. The average molecular weight is 454 g/mol. The Labute approximate surface area is 191 Å². The summed E-state index contributed by atoms with van der Waals surface area (Å²) < 4.78 is 5.45. The van der Waals surface area contributed by atoms with Crippen LogP contribution in [0.4, 0.5) is 5.69 Å². The van der Waals surface area contributed by atoms with Gasteiger partial charge in [0, 0.05) is 18.9 Å². The molecule has 0 saturated carbocycles. The van der Waals surface area contributed by atoms with E-state index in [1.54, 1.807) is 24.3 Å². The molecule has 3 atom stereocenters. The molecule has 1 aliphatic rings. The van der Waals surface area contributed by atoms with E-state index in [2.05, 4.69) is 5.32 Å². The molecule has 0 aromatic heterocycles. The summed E-state index contributed by atoms with van der Waals surface area (Å²) in [6.07, 6.45) is -0.186. The van der Waals surface area contributed by atoms with Gasteiger partial charge in [-0.2, -0.15) is 0 Å². The van der Waals surface area contributed by atoms with Crippen LogP contribution in [-0.4, -0.2) is 52.7 Å². The van der Waals surface area contributed by atoms with Gasteiger partial charge in [-0.05, 0) is 24.5 Å². The molecule has 3 N–H and O–H groups in total. The van der Waals surface area contributed by atoms with Crippen LogP contribution in [0.25, 0.3) is 0 Å². The number of nitrogens with one attached hydrogen (secondary N) is 1. The second-order valence-corrected chi connectivity index (χ2v) is 7.85. The number of amides is 1. The minimum Gasteiger partial charge on any atom is -0.480 e. The first kappa shape index (κ1) is 23.9. The van der Waals surface area contributed by atoms with Gasteiger partial charge in [-0.15, -0.1) is 0 Å². The van der Waals surface area contributed by atoms with Crippen molar-refractivity contribution in [2.75, 3.05) is 11.4 Å². The van der Waals surface area contributed by atoms with Crippen molar-refractivity contribution < 1.29 is 34.1 Å². The number of hydrogen-bond acceptors (Lipinski definition) is 6. The number of carboxylic acids is 2. The third-order valence-corrected chi connectivity index (χ3v) is 5.45. The van der Waals surface area contributed by atoms with Gasteiger partial charge in [-0.25, -0.2) is 0 Å². The molecule has 33 heavy (non-hydrogen) atoms. The minimum atomic E-state index is -1.22. The van der Waals surface area contributed by atoms with Gasteiger partial charge in [0.1, 0.15) is 18.7 Å². The predicted molar refractivity (Wildman–Crippen MR) is 119 cm³/mol. The second kappa shape index (κ2) is 10.7. The molecular weight excluding hydrogens is 428 g/mol. The van der Waals surface area contributed by atoms with Crippen LogP contribution in [-0.2, 0) is 30.3 Å². The number of aryl methyl sites for hydroxylation is 1. The number of rotatable bonds is 9. The molecule has 174 valence electrons. The molecule has 0 bridgehead atoms. The molecule has 1 unspecified atom stereocenters. The molecule has 1 heterocycles. The number of fused-ring (bicyclic) bond motifs is 1. The Kier molecular flexibility index (Phi) is 7.78. The van der Waals surface area contributed by atoms with Crippen LogP contribution in [0.15, 0.2) is 54.6 Å². The van der Waals surface area contributed by atoms with Gasteiger partial charge >= 0.3 is 17.9 Å². The van der Waals surface area contributed by atoms with Crippen molar-refractivity contribution in [1.82, 2.24) is 5.32 Å². The van der Waals surface area contributed by atoms with Gasteiger partial charge in [0.05, 0.1) is 11.7 Å². The van der Waals surface area contributed by atoms with E-state index in [1.807, 2.05) is 30.3 Å². The number of ether oxygens (including phenoxy) is 1. The normalized spacial score (nSPS) is 18.7. The lowest BCUT2D eigenvalue weighted by molar-refractivity contribution is -0.148. The Bertz CT molecular complexity index is 1020. The molecule has 2 aromatic carbocycles. The van der Waals surface area contributed by atoms with Gasteiger partial charge in [0.25, 0.3) is 0 Å². The Morgan fingerprint density at radius 3 is 2.39 bits per heavy atom. The van der Waals surface area contributed by atoms with E-state index >= 15 is 0 Å². The van der Waals surface area contributed by atoms with Crippen molar-refractivity contribution in [2.45, 2.75) is 44.4 Å². The summed E-state index contributed by atoms with van der Waals surface area (Å²) in [5, 5.41) is 22.0. The number of nitrogens with zero attached hydrogens (tertiary/aromatic N) is 1. The molecule has 1 aliphatic heterocycles. The van der Waals surface area contributed by atoms with Crippen LogP contribution in [0.3, 0.4) is 0 Å². The van der Waals surface area contributed by atoms with Crippen molar-refractivity contribution in [3.8, 4) is 0 Å². The molecule has 9 nitrogen and oxygen atoms in total. The van der Waals surface area contributed by atoms with Gasteiger partial charge in [0.15, 0.2) is 0 Å². The zero-order valence-corrected chi connectivity index (χ0v) is 18.1. The number of carbonyl (C=O) groups excluding carboxylic acids is 2. The molecule has 9 heteroatoms. The third kappa shape index (κ3) is 6.17. The zero-order chi connectivity index (χ0) is 24.0. The largest absolute Gasteiger partial charge is 0.480 e. The van der Waals surface area contributed by atoms with E-state index in [-0.39, 0.29) is 12.8 Å². The van der Waals surface area contributed by atoms with E-state index in [0.717, 1.165) is 10.5 Å². The standard InChI is InChI=1S/C24H26N2O7/c1-15(27)33-21-13-19(25-18(24(31)32)12-11-16-7-3-2-4-8-16)23(30)26(14-22(28)29)20-10-6-5-9-17(20)21/h2-10,18-19,21,25H,11-14H2,1H3,(H,28,29)(H,31,32)/t18-,19?,21+/m0/s1. The summed E-state index contributed by atoms with van der Waals surface area (Å²) in [5.41, 5.74) is 1.76. The molecule has 1 amide bonds. The van der Waals surface area contributed by atoms with E-state index < -0.39 is 48.5 Å². The quantitative estimate of drug-likeness (QED) is 0.491. The Balaban J connectivity index is 1.90. The van der Waals surface area contributed by atoms with E-state index in [1.165, 1.54) is 6.92 Å². The number of carbonyl (C=O) groups is 4. The number of hydrogen-bond donors (Lipinski definition) is 3. The van der Waals surface area contributed by atoms with E-state index in [9.17, 15) is 29.4 Å². The number of benzene rings is 2. The Morgan fingerprint density at radius 2 is 1.76 bits per heavy atom. The molecule has 0 fully saturated rings. The number of para-hydroxylation sites is 1. The monoisotopic (exact) mass is 454 g/mol. The lowest BCUT2D eigenvalue weighted by Gasteiger charge is -2.26. The Morgan fingerprint density at radius 1 is 1.09 bits per heavy atom. The van der Waals surface area contributed by atoms with Crippen molar-refractivity contribution in [2.24, 2.45) is 0 Å². The highest BCUT2D eigenvalue weighted by atomic mass is 16.5. The highest BCUT2D eigenvalue weighted by molar-refractivity contribution is 6.02. The highest BCUT2D eigenvalue weighted by Gasteiger charge is 2.38. The van der Waals surface area contributed by atoms with Crippen LogP contribution >= 0.6 is 0 Å². The molecule has 0 radical (unpaired) electrons. The fourth-order valence-electron chi connectivity index (χ4n) is 3.98. The summed E-state index contributed by atoms with van der Waals surface area (Å²) in [6.45, 7) is 0.634. The van der Waals surface area contributed by atoms with Crippen molar-refractivity contribution >= 4 is 29.5 Å². The number of anilines is 1. The van der Waals surface area contributed by atoms with Gasteiger partial charge in [0.2, 0.25) is 5.91 Å². The smallest absolute Gasteiger partial charge is 0.323 e. The number of carboxylic acid groups (broad SMARTS) is 2. The zero-order valence-electron chi connectivity index (χ0n) is 18.1. The molecular formula is C24H26N2O7. The molecule has 3 rings (SSSR count). The number of aliphatic carboxylic acids is 2. The lowest BCUT2D eigenvalue weighted by Crippen LogP contribution is -2.53. The van der Waals surface area contributed by atoms with Gasteiger partial charge < -0.3 is 14.9 Å². The molecule has 0 aliphatic carbocycles. The van der Waals surface area contributed by atoms with E-state index in [0.29, 0.717) is 17.7 Å². The average Bonchev–Trinajstić information content (AvgIpc) is 2.87. The van der Waals surface area contributed by atoms with Crippen molar-refractivity contribution in [1.29, 1.82) is 0 Å². The minimum absolute atomic E-state index is 0.0271. The highest BCUT2D eigenvalue weighted by Crippen LogP contribution is 2.36. The predicted octanol–water partition coefficient (Wildman–Crippen LogP) is 2.16. The van der Waals surface area contributed by atoms with Crippen LogP contribution in [0.1, 0.15) is 37.0 Å². The van der Waals surface area contributed by atoms with Crippen molar-refractivity contribution in [3.63, 3.8) is 0 Å². The maximum Gasteiger partial charge on any atom is 0.323 e. The first-order valence-electron chi connectivity index (χ1n) is 10.6. The second-order valence-electron chi connectivity index (χ2n) is 7.85. The summed E-state index contributed by atoms with van der Waals surface area (Å²) in [6, 6.07) is 13.8. The first-order chi connectivity index (χ1) is 15.8. The van der Waals surface area contributed by atoms with Crippen LogP contribution in [0.5, 0.6) is 0 Å². The van der Waals surface area contributed by atoms with Crippen LogP contribution in [0.2, 0.25) is 0 Å². The maximum atomic E-state index is 13.4. The van der Waals surface area contributed by atoms with Gasteiger partial charge in [-0.3, -0.25) is 29.4 Å². The first-order valence-corrected chi connectivity index (χ1v) is 10.6. The number of esters is 1. The van der Waals surface area contributed by atoms with Gasteiger partial charge in [-0.1, -0.05) is 48.5 Å². The maximum absolute atomic E-state index is 13.4. The summed E-state index contributed by atoms with van der Waals surface area (Å²) in [7, 11) is 0. The van der Waals surface area contributed by atoms with Crippen molar-refractivity contribution in [3.05, 3.63) is 65.7 Å². The Hall–Kier alpha value is -3.72. The van der Waals surface area contributed by atoms with E-state index in [4.69, 9.17) is 4.74 Å².